The van der Waals surface area contributed by atoms with Crippen molar-refractivity contribution in [2.45, 2.75) is 119 Å². The zero-order valence-corrected chi connectivity index (χ0v) is 33.8. The van der Waals surface area contributed by atoms with E-state index in [1.54, 1.807) is 0 Å². The Labute approximate surface area is 316 Å². The number of rotatable bonds is 8. The molecule has 8 rings (SSSR count). The summed E-state index contributed by atoms with van der Waals surface area (Å²) in [5, 5.41) is 5.92. The quantitative estimate of drug-likeness (QED) is 0.148. The summed E-state index contributed by atoms with van der Waals surface area (Å²) >= 11 is 0. The number of aromatic nitrogens is 2. The SMILES string of the molecule is CCC(CC)C1=CC2(OC(C(CC)CC)=C1)c1c(cc(C(C)(C)C)c3cc(C)ccc13)-c1c3oc4c5ccc(CC(C)C)cc5ccc4c3nc(C)[n+]12. The number of fused-ring (bicyclic) bond motifs is 13. The fraction of sp³-hybridized carbons (Fsp3) is 0.429. The van der Waals surface area contributed by atoms with E-state index in [-0.39, 0.29) is 5.41 Å². The van der Waals surface area contributed by atoms with E-state index in [9.17, 15) is 0 Å². The van der Waals surface area contributed by atoms with Gasteiger partial charge in [0.2, 0.25) is 11.1 Å². The molecular formula is C49H57N2O2+. The number of nitrogens with zero attached hydrogens (tertiary/aromatic N) is 2. The number of aryl methyl sites for hydroxylation is 2. The van der Waals surface area contributed by atoms with E-state index < -0.39 is 5.72 Å². The van der Waals surface area contributed by atoms with Gasteiger partial charge in [0.25, 0.3) is 0 Å². The van der Waals surface area contributed by atoms with Gasteiger partial charge in [0.15, 0.2) is 5.69 Å². The average molecular weight is 706 g/mol. The first-order valence-corrected chi connectivity index (χ1v) is 20.3. The molecule has 0 radical (unpaired) electrons. The summed E-state index contributed by atoms with van der Waals surface area (Å²) < 4.78 is 17.2. The topological polar surface area (TPSA) is 39.1 Å². The van der Waals surface area contributed by atoms with E-state index in [1.165, 1.54) is 49.5 Å². The Bertz CT molecular complexity index is 2500. The zero-order valence-electron chi connectivity index (χ0n) is 33.8. The Morgan fingerprint density at radius 1 is 0.774 bits per heavy atom. The van der Waals surface area contributed by atoms with Gasteiger partial charge in [0.1, 0.15) is 11.3 Å². The monoisotopic (exact) mass is 705 g/mol. The fourth-order valence-electron chi connectivity index (χ4n) is 9.55. The third-order valence-corrected chi connectivity index (χ3v) is 12.2. The van der Waals surface area contributed by atoms with Gasteiger partial charge < -0.3 is 9.15 Å². The Hall–Kier alpha value is -4.44. The zero-order chi connectivity index (χ0) is 37.6. The highest BCUT2D eigenvalue weighted by Gasteiger charge is 2.56. The molecule has 4 nitrogen and oxygen atoms in total. The molecule has 2 aliphatic rings. The molecule has 1 spiro atoms. The van der Waals surface area contributed by atoms with Crippen molar-refractivity contribution < 1.29 is 13.7 Å². The van der Waals surface area contributed by atoms with Crippen LogP contribution in [0.3, 0.4) is 0 Å². The summed E-state index contributed by atoms with van der Waals surface area (Å²) in [4.78, 5) is 5.46. The van der Waals surface area contributed by atoms with Gasteiger partial charge in [-0.25, -0.2) is 0 Å². The lowest BCUT2D eigenvalue weighted by Gasteiger charge is -2.36. The molecule has 4 heteroatoms. The first-order chi connectivity index (χ1) is 25.3. The lowest BCUT2D eigenvalue weighted by molar-refractivity contribution is -0.774. The molecular weight excluding hydrogens is 649 g/mol. The van der Waals surface area contributed by atoms with Crippen molar-refractivity contribution in [3.05, 3.63) is 106 Å². The molecule has 53 heavy (non-hydrogen) atoms. The summed E-state index contributed by atoms with van der Waals surface area (Å²) in [6.45, 7) is 25.1. The number of allylic oxidation sites excluding steroid dienone is 3. The third-order valence-electron chi connectivity index (χ3n) is 12.2. The van der Waals surface area contributed by atoms with Crippen molar-refractivity contribution in [3.63, 3.8) is 0 Å². The van der Waals surface area contributed by atoms with Crippen LogP contribution in [-0.2, 0) is 22.3 Å². The van der Waals surface area contributed by atoms with Crippen molar-refractivity contribution in [1.29, 1.82) is 0 Å². The maximum atomic E-state index is 7.65. The van der Waals surface area contributed by atoms with Gasteiger partial charge in [-0.2, -0.15) is 4.57 Å². The van der Waals surface area contributed by atoms with Gasteiger partial charge in [-0.15, -0.1) is 0 Å². The van der Waals surface area contributed by atoms with Crippen molar-refractivity contribution >= 4 is 43.6 Å². The van der Waals surface area contributed by atoms with E-state index in [4.69, 9.17) is 14.1 Å². The second-order valence-electron chi connectivity index (χ2n) is 17.4. The minimum atomic E-state index is -0.919. The van der Waals surface area contributed by atoms with Crippen LogP contribution in [0.15, 0.2) is 82.5 Å². The molecule has 0 fully saturated rings. The largest absolute Gasteiger partial charge is 0.447 e. The molecule has 0 aliphatic carbocycles. The van der Waals surface area contributed by atoms with Crippen LogP contribution in [0.1, 0.15) is 116 Å². The maximum Gasteiger partial charge on any atom is 0.301 e. The van der Waals surface area contributed by atoms with Gasteiger partial charge in [0, 0.05) is 29.9 Å². The Balaban J connectivity index is 1.54. The number of benzene rings is 4. The van der Waals surface area contributed by atoms with E-state index in [0.717, 1.165) is 76.8 Å². The summed E-state index contributed by atoms with van der Waals surface area (Å²) in [6.07, 6.45) is 10.1. The third kappa shape index (κ3) is 5.45. The smallest absolute Gasteiger partial charge is 0.301 e. The van der Waals surface area contributed by atoms with Crippen molar-refractivity contribution in [2.75, 3.05) is 0 Å². The normalized spacial score (nSPS) is 17.2. The van der Waals surface area contributed by atoms with Crippen LogP contribution < -0.4 is 4.57 Å². The lowest BCUT2D eigenvalue weighted by Crippen LogP contribution is -2.59. The average Bonchev–Trinajstić information content (AvgIpc) is 3.61. The maximum absolute atomic E-state index is 7.65. The van der Waals surface area contributed by atoms with E-state index >= 15 is 0 Å². The van der Waals surface area contributed by atoms with E-state index in [2.05, 4.69) is 147 Å². The van der Waals surface area contributed by atoms with Crippen LogP contribution in [0, 0.1) is 31.6 Å². The van der Waals surface area contributed by atoms with Gasteiger partial charge in [-0.3, -0.25) is 0 Å². The molecule has 0 bridgehead atoms. The Morgan fingerprint density at radius 2 is 1.47 bits per heavy atom. The van der Waals surface area contributed by atoms with E-state index in [0.29, 0.717) is 17.8 Å². The molecule has 4 heterocycles. The second kappa shape index (κ2) is 12.9. The first kappa shape index (κ1) is 35.6. The number of hydrogen-bond acceptors (Lipinski definition) is 3. The standard InChI is InChI=1S/C49H57N2O2/c1-12-32(13-2)35-25-42(33(14-3)15-4)53-49(27-35)43-37-19-16-29(7)23-39(37)41(48(9,10)11)26-40(43)45-47-44(50-30(8)51(45)49)38-21-18-34-24-31(22-28(5)6)17-20-36(34)46(38)52-47/h16-21,23-28,32-33H,12-15,22H2,1-11H3/q+1. The van der Waals surface area contributed by atoms with Crippen molar-refractivity contribution in [1.82, 2.24) is 4.98 Å². The highest BCUT2D eigenvalue weighted by molar-refractivity contribution is 6.16. The highest BCUT2D eigenvalue weighted by atomic mass is 16.5. The minimum absolute atomic E-state index is 0.0921. The fourth-order valence-corrected chi connectivity index (χ4v) is 9.55. The van der Waals surface area contributed by atoms with Crippen LogP contribution in [0.5, 0.6) is 0 Å². The van der Waals surface area contributed by atoms with Crippen LogP contribution >= 0.6 is 0 Å². The molecule has 1 unspecified atom stereocenters. The summed E-state index contributed by atoms with van der Waals surface area (Å²) in [6, 6.07) is 20.8. The molecule has 2 aliphatic heterocycles. The van der Waals surface area contributed by atoms with Crippen LogP contribution in [0.4, 0.5) is 0 Å². The molecule has 4 aromatic carbocycles. The second-order valence-corrected chi connectivity index (χ2v) is 17.4. The molecule has 0 amide bonds. The van der Waals surface area contributed by atoms with Crippen LogP contribution in [0.2, 0.25) is 0 Å². The summed E-state index contributed by atoms with van der Waals surface area (Å²) in [5.41, 5.74) is 10.4. The van der Waals surface area contributed by atoms with Gasteiger partial charge in [0.05, 0.1) is 10.9 Å². The predicted molar refractivity (Wildman–Crippen MR) is 221 cm³/mol. The molecule has 0 saturated carbocycles. The first-order valence-electron chi connectivity index (χ1n) is 20.3. The summed E-state index contributed by atoms with van der Waals surface area (Å²) in [7, 11) is 0. The molecule has 0 saturated heterocycles. The van der Waals surface area contributed by atoms with Crippen LogP contribution in [-0.4, -0.2) is 4.98 Å². The lowest BCUT2D eigenvalue weighted by atomic mass is 9.78. The predicted octanol–water partition coefficient (Wildman–Crippen LogP) is 13.1. The number of furan rings is 1. The minimum Gasteiger partial charge on any atom is -0.447 e. The number of ether oxygens (including phenoxy) is 1. The molecule has 1 atom stereocenters. The van der Waals surface area contributed by atoms with Gasteiger partial charge in [-0.1, -0.05) is 110 Å². The van der Waals surface area contributed by atoms with Gasteiger partial charge >= 0.3 is 11.5 Å². The van der Waals surface area contributed by atoms with Crippen molar-refractivity contribution in [3.8, 4) is 11.3 Å². The molecule has 2 aromatic heterocycles. The molecule has 274 valence electrons. The summed E-state index contributed by atoms with van der Waals surface area (Å²) in [5.74, 6) is 3.34. The van der Waals surface area contributed by atoms with Crippen LogP contribution in [0.25, 0.3) is 54.9 Å². The molecule has 6 aromatic rings. The Kier molecular flexibility index (Phi) is 8.63. The number of hydrogen-bond donors (Lipinski definition) is 0. The molecule has 0 N–H and O–H groups in total. The van der Waals surface area contributed by atoms with Crippen molar-refractivity contribution in [2.24, 2.45) is 17.8 Å². The Morgan fingerprint density at radius 3 is 2.15 bits per heavy atom. The van der Waals surface area contributed by atoms with E-state index in [1.807, 2.05) is 0 Å². The highest BCUT2D eigenvalue weighted by Crippen LogP contribution is 2.53. The van der Waals surface area contributed by atoms with Gasteiger partial charge in [-0.05, 0) is 112 Å².